The molecule has 0 aliphatic carbocycles. The number of halogens is 1. The van der Waals surface area contributed by atoms with Crippen LogP contribution in [-0.4, -0.2) is 78.6 Å². The van der Waals surface area contributed by atoms with Crippen LogP contribution < -0.4 is 10.2 Å². The molecule has 2 aromatic rings. The number of aromatic nitrogens is 3. The summed E-state index contributed by atoms with van der Waals surface area (Å²) in [6.45, 7) is 9.13. The monoisotopic (exact) mass is 527 g/mol. The molecule has 1 aromatic heterocycles. The third-order valence-corrected chi connectivity index (χ3v) is 5.12. The lowest BCUT2D eigenvalue weighted by atomic mass is 10.2. The second kappa shape index (κ2) is 13.4. The molecule has 1 aromatic carbocycles. The Labute approximate surface area is 196 Å². The first-order valence-corrected chi connectivity index (χ1v) is 10.5. The summed E-state index contributed by atoms with van der Waals surface area (Å²) in [7, 11) is 1.73. The minimum Gasteiger partial charge on any atom is -0.385 e. The Bertz CT molecular complexity index is 745. The van der Waals surface area contributed by atoms with E-state index in [9.17, 15) is 0 Å². The summed E-state index contributed by atoms with van der Waals surface area (Å²) >= 11 is 0. The van der Waals surface area contributed by atoms with Crippen molar-refractivity contribution in [2.45, 2.75) is 26.3 Å². The van der Waals surface area contributed by atoms with E-state index >= 15 is 0 Å². The van der Waals surface area contributed by atoms with Gasteiger partial charge >= 0.3 is 0 Å². The van der Waals surface area contributed by atoms with E-state index in [0.29, 0.717) is 0 Å². The van der Waals surface area contributed by atoms with E-state index < -0.39 is 0 Å². The molecule has 30 heavy (non-hydrogen) atoms. The van der Waals surface area contributed by atoms with E-state index in [-0.39, 0.29) is 24.0 Å². The number of para-hydroxylation sites is 1. The fraction of sp³-hybridized carbons (Fsp3) is 0.571. The predicted octanol–water partition coefficient (Wildman–Crippen LogP) is 2.26. The molecule has 3 rings (SSSR count). The number of hydrogen-bond donors (Lipinski definition) is 1. The maximum absolute atomic E-state index is 5.16. The predicted molar refractivity (Wildman–Crippen MR) is 132 cm³/mol. The van der Waals surface area contributed by atoms with Crippen LogP contribution in [0.5, 0.6) is 0 Å². The maximum atomic E-state index is 5.16. The van der Waals surface area contributed by atoms with Crippen molar-refractivity contribution < 1.29 is 4.74 Å². The van der Waals surface area contributed by atoms with Crippen molar-refractivity contribution in [1.29, 1.82) is 0 Å². The minimum absolute atomic E-state index is 0. The average molecular weight is 527 g/mol. The molecule has 0 bridgehead atoms. The van der Waals surface area contributed by atoms with Gasteiger partial charge in [0.1, 0.15) is 12.2 Å². The van der Waals surface area contributed by atoms with Crippen molar-refractivity contribution in [2.75, 3.05) is 57.9 Å². The Morgan fingerprint density at radius 3 is 2.63 bits per heavy atom. The highest BCUT2D eigenvalue weighted by molar-refractivity contribution is 14.0. The summed E-state index contributed by atoms with van der Waals surface area (Å²) in [4.78, 5) is 9.63. The van der Waals surface area contributed by atoms with Crippen molar-refractivity contribution in [3.63, 3.8) is 0 Å². The molecule has 0 radical (unpaired) electrons. The zero-order valence-corrected chi connectivity index (χ0v) is 20.4. The van der Waals surface area contributed by atoms with Gasteiger partial charge in [-0.3, -0.25) is 4.99 Å². The molecule has 0 unspecified atom stereocenters. The Balaban J connectivity index is 0.00000320. The quantitative estimate of drug-likeness (QED) is 0.234. The first kappa shape index (κ1) is 24.4. The number of anilines is 1. The van der Waals surface area contributed by atoms with Gasteiger partial charge in [0, 0.05) is 71.6 Å². The molecule has 1 aliphatic rings. The van der Waals surface area contributed by atoms with Crippen LogP contribution in [0.15, 0.2) is 41.7 Å². The third kappa shape index (κ3) is 7.12. The summed E-state index contributed by atoms with van der Waals surface area (Å²) in [5.41, 5.74) is 1.29. The second-order valence-corrected chi connectivity index (χ2v) is 7.08. The van der Waals surface area contributed by atoms with Crippen LogP contribution in [0.25, 0.3) is 0 Å². The fourth-order valence-corrected chi connectivity index (χ4v) is 3.50. The number of aryl methyl sites for hydroxylation is 1. The number of hydrogen-bond acceptors (Lipinski definition) is 5. The molecule has 166 valence electrons. The topological polar surface area (TPSA) is 70.8 Å². The Morgan fingerprint density at radius 2 is 1.93 bits per heavy atom. The van der Waals surface area contributed by atoms with E-state index in [0.717, 1.165) is 77.0 Å². The molecule has 1 aliphatic heterocycles. The molecule has 0 atom stereocenters. The lowest BCUT2D eigenvalue weighted by Gasteiger charge is -2.37. The van der Waals surface area contributed by atoms with Gasteiger partial charge in [0.25, 0.3) is 0 Å². The molecular formula is C21H34IN7O. The smallest absolute Gasteiger partial charge is 0.194 e. The molecule has 1 N–H and O–H groups in total. The van der Waals surface area contributed by atoms with E-state index in [2.05, 4.69) is 67.1 Å². The van der Waals surface area contributed by atoms with Crippen LogP contribution in [-0.2, 0) is 17.7 Å². The van der Waals surface area contributed by atoms with E-state index in [1.54, 1.807) is 13.4 Å². The Morgan fingerprint density at radius 1 is 1.17 bits per heavy atom. The third-order valence-electron chi connectivity index (χ3n) is 5.12. The maximum Gasteiger partial charge on any atom is 0.194 e. The van der Waals surface area contributed by atoms with Crippen molar-refractivity contribution >= 4 is 35.6 Å². The summed E-state index contributed by atoms with van der Waals surface area (Å²) in [6.07, 6.45) is 3.62. The van der Waals surface area contributed by atoms with Crippen molar-refractivity contribution in [3.8, 4) is 0 Å². The molecule has 0 spiro atoms. The summed E-state index contributed by atoms with van der Waals surface area (Å²) in [5, 5.41) is 11.7. The van der Waals surface area contributed by atoms with Gasteiger partial charge in [0.2, 0.25) is 0 Å². The van der Waals surface area contributed by atoms with Crippen molar-refractivity contribution in [2.24, 2.45) is 4.99 Å². The van der Waals surface area contributed by atoms with E-state index in [4.69, 9.17) is 9.73 Å². The van der Waals surface area contributed by atoms with Gasteiger partial charge < -0.3 is 24.4 Å². The number of guanidine groups is 1. The largest absolute Gasteiger partial charge is 0.385 e. The molecule has 1 saturated heterocycles. The van der Waals surface area contributed by atoms with Crippen molar-refractivity contribution in [1.82, 2.24) is 25.0 Å². The van der Waals surface area contributed by atoms with Gasteiger partial charge in [0.05, 0.1) is 0 Å². The van der Waals surface area contributed by atoms with Gasteiger partial charge in [-0.2, -0.15) is 0 Å². The highest BCUT2D eigenvalue weighted by Gasteiger charge is 2.20. The standard InChI is InChI=1S/C21H33N7O.HI/c1-3-20-25-24-18-28(20)12-11-23-21(22-10-7-17-29-2)27-15-13-26(14-16-27)19-8-5-4-6-9-19;/h4-6,8-9,18H,3,7,10-17H2,1-2H3,(H,22,23);1H. The van der Waals surface area contributed by atoms with Crippen LogP contribution in [0.2, 0.25) is 0 Å². The first-order valence-electron chi connectivity index (χ1n) is 10.5. The van der Waals surface area contributed by atoms with Crippen LogP contribution in [0.4, 0.5) is 5.69 Å². The molecule has 0 amide bonds. The Kier molecular flexibility index (Phi) is 10.9. The van der Waals surface area contributed by atoms with Gasteiger partial charge in [-0.1, -0.05) is 25.1 Å². The molecule has 9 heteroatoms. The molecule has 0 saturated carbocycles. The number of methoxy groups -OCH3 is 1. The number of ether oxygens (including phenoxy) is 1. The van der Waals surface area contributed by atoms with Gasteiger partial charge in [-0.15, -0.1) is 34.2 Å². The van der Waals surface area contributed by atoms with Gasteiger partial charge in [-0.25, -0.2) is 0 Å². The van der Waals surface area contributed by atoms with E-state index in [1.807, 2.05) is 0 Å². The SMILES string of the molecule is CCc1nncn1CCNC(=NCCCOC)N1CCN(c2ccccc2)CC1.I. The number of nitrogens with zero attached hydrogens (tertiary/aromatic N) is 6. The zero-order chi connectivity index (χ0) is 20.3. The lowest BCUT2D eigenvalue weighted by molar-refractivity contribution is 0.197. The van der Waals surface area contributed by atoms with E-state index in [1.165, 1.54) is 5.69 Å². The molecule has 8 nitrogen and oxygen atoms in total. The van der Waals surface area contributed by atoms with Gasteiger partial charge in [0.15, 0.2) is 5.96 Å². The van der Waals surface area contributed by atoms with Crippen LogP contribution in [0, 0.1) is 0 Å². The van der Waals surface area contributed by atoms with Gasteiger partial charge in [-0.05, 0) is 18.6 Å². The summed E-state index contributed by atoms with van der Waals surface area (Å²) in [5.74, 6) is 2.00. The fourth-order valence-electron chi connectivity index (χ4n) is 3.50. The highest BCUT2D eigenvalue weighted by atomic mass is 127. The molecule has 1 fully saturated rings. The molecule has 2 heterocycles. The number of rotatable bonds is 9. The van der Waals surface area contributed by atoms with Crippen LogP contribution in [0.1, 0.15) is 19.2 Å². The number of nitrogens with one attached hydrogen (secondary N) is 1. The van der Waals surface area contributed by atoms with Crippen LogP contribution >= 0.6 is 24.0 Å². The molecular weight excluding hydrogens is 493 g/mol. The number of benzene rings is 1. The number of piperazine rings is 1. The highest BCUT2D eigenvalue weighted by Crippen LogP contribution is 2.15. The Hall–Kier alpha value is -1.88. The second-order valence-electron chi connectivity index (χ2n) is 7.08. The first-order chi connectivity index (χ1) is 14.3. The number of aliphatic imine (C=N–C) groups is 1. The zero-order valence-electron chi connectivity index (χ0n) is 18.0. The van der Waals surface area contributed by atoms with Crippen molar-refractivity contribution in [3.05, 3.63) is 42.5 Å². The normalized spacial score (nSPS) is 14.5. The summed E-state index contributed by atoms with van der Waals surface area (Å²) in [6, 6.07) is 10.6. The van der Waals surface area contributed by atoms with Crippen LogP contribution in [0.3, 0.4) is 0 Å². The lowest BCUT2D eigenvalue weighted by Crippen LogP contribution is -2.53. The minimum atomic E-state index is 0. The average Bonchev–Trinajstić information content (AvgIpc) is 3.24. The summed E-state index contributed by atoms with van der Waals surface area (Å²) < 4.78 is 7.26.